The van der Waals surface area contributed by atoms with Crippen molar-refractivity contribution in [1.29, 1.82) is 0 Å². The minimum absolute atomic E-state index is 0.0518. The first kappa shape index (κ1) is 51.4. The van der Waals surface area contributed by atoms with E-state index in [1.807, 2.05) is 63.2 Å². The summed E-state index contributed by atoms with van der Waals surface area (Å²) in [5.74, 6) is -2.59. The van der Waals surface area contributed by atoms with Crippen molar-refractivity contribution in [3.63, 3.8) is 0 Å². The van der Waals surface area contributed by atoms with E-state index in [0.29, 0.717) is 32.3 Å². The van der Waals surface area contributed by atoms with Gasteiger partial charge < -0.3 is 40.2 Å². The number of Topliss-reactive ketones (excluding diaryl/α,β-unsaturated/α-hetero) is 1. The summed E-state index contributed by atoms with van der Waals surface area (Å²) in [6, 6.07) is 14.6. The van der Waals surface area contributed by atoms with Crippen molar-refractivity contribution in [2.24, 2.45) is 0 Å². The van der Waals surface area contributed by atoms with Gasteiger partial charge in [-0.15, -0.1) is 0 Å². The number of carbonyl (C=O) groups excluding carboxylic acids is 6. The van der Waals surface area contributed by atoms with Crippen LogP contribution in [0.2, 0.25) is 0 Å². The number of carbonyl (C=O) groups is 6. The summed E-state index contributed by atoms with van der Waals surface area (Å²) in [6.07, 6.45) is 11.7. The van der Waals surface area contributed by atoms with Gasteiger partial charge in [-0.3, -0.25) is 24.0 Å². The predicted octanol–water partition coefficient (Wildman–Crippen LogP) is 5.10. The van der Waals surface area contributed by atoms with E-state index in [4.69, 9.17) is 14.6 Å². The topological polar surface area (TPSA) is 180 Å². The number of aliphatic hydroxyl groups excluding tert-OH is 1. The molecule has 13 heteroatoms. The fourth-order valence-electron chi connectivity index (χ4n) is 5.36. The Labute approximate surface area is 334 Å². The first-order valence-corrected chi connectivity index (χ1v) is 20.0. The van der Waals surface area contributed by atoms with Gasteiger partial charge in [0, 0.05) is 19.9 Å². The van der Waals surface area contributed by atoms with Crippen LogP contribution in [-0.2, 0) is 46.5 Å². The van der Waals surface area contributed by atoms with Gasteiger partial charge in [0.2, 0.25) is 17.6 Å². The molecule has 0 spiro atoms. The number of rotatable bonds is 20. The van der Waals surface area contributed by atoms with E-state index >= 15 is 0 Å². The normalized spacial score (nSPS) is 13.1. The minimum Gasteiger partial charge on any atom is -0.493 e. The maximum absolute atomic E-state index is 12.7. The van der Waals surface area contributed by atoms with Crippen molar-refractivity contribution in [3.05, 3.63) is 65.7 Å². The van der Waals surface area contributed by atoms with Crippen molar-refractivity contribution in [3.8, 4) is 5.75 Å². The van der Waals surface area contributed by atoms with Crippen LogP contribution in [0.4, 0.5) is 0 Å². The van der Waals surface area contributed by atoms with Gasteiger partial charge in [0.1, 0.15) is 31.2 Å². The molecule has 0 radical (unpaired) electrons. The number of amides is 3. The molecule has 2 aromatic rings. The van der Waals surface area contributed by atoms with Crippen LogP contribution in [0, 0.1) is 0 Å². The highest BCUT2D eigenvalue weighted by Crippen LogP contribution is 2.15. The van der Waals surface area contributed by atoms with E-state index in [-0.39, 0.29) is 31.6 Å². The van der Waals surface area contributed by atoms with E-state index in [1.54, 1.807) is 33.0 Å². The highest BCUT2D eigenvalue weighted by molar-refractivity contribution is 6.38. The number of hydrogen-bond donors (Lipinski definition) is 4. The highest BCUT2D eigenvalue weighted by Gasteiger charge is 2.31. The molecule has 1 aliphatic rings. The van der Waals surface area contributed by atoms with E-state index in [1.165, 1.54) is 50.5 Å². The van der Waals surface area contributed by atoms with Crippen LogP contribution in [0.3, 0.4) is 0 Å². The molecule has 1 aliphatic carbocycles. The van der Waals surface area contributed by atoms with E-state index in [9.17, 15) is 28.8 Å². The van der Waals surface area contributed by atoms with Gasteiger partial charge >= 0.3 is 5.97 Å². The van der Waals surface area contributed by atoms with Gasteiger partial charge in [-0.2, -0.15) is 0 Å². The second-order valence-corrected chi connectivity index (χ2v) is 13.1. The number of nitrogens with one attached hydrogen (secondary N) is 3. The molecule has 1 saturated carbocycles. The summed E-state index contributed by atoms with van der Waals surface area (Å²) in [4.78, 5) is 73.2. The van der Waals surface area contributed by atoms with Crippen LogP contribution in [-0.4, -0.2) is 97.7 Å². The molecule has 3 unspecified atom stereocenters. The molecule has 2 aromatic carbocycles. The molecule has 56 heavy (non-hydrogen) atoms. The number of esters is 1. The van der Waals surface area contributed by atoms with Crippen LogP contribution >= 0.6 is 0 Å². The lowest BCUT2D eigenvalue weighted by molar-refractivity contribution is -0.147. The zero-order valence-corrected chi connectivity index (χ0v) is 34.8. The van der Waals surface area contributed by atoms with Crippen LogP contribution in [0.15, 0.2) is 54.6 Å². The second-order valence-electron chi connectivity index (χ2n) is 13.1. The number of aliphatic hydroxyl groups is 1. The van der Waals surface area contributed by atoms with Crippen LogP contribution in [0.1, 0.15) is 110 Å². The fraction of sp³-hybridized carbons (Fsp3) is 0.581. The van der Waals surface area contributed by atoms with Crippen molar-refractivity contribution in [2.75, 3.05) is 33.8 Å². The molecule has 3 amide bonds. The van der Waals surface area contributed by atoms with Crippen LogP contribution in [0.5, 0.6) is 5.75 Å². The van der Waals surface area contributed by atoms with E-state index in [2.05, 4.69) is 16.0 Å². The average molecular weight is 785 g/mol. The molecule has 13 nitrogen and oxygen atoms in total. The summed E-state index contributed by atoms with van der Waals surface area (Å²) in [5, 5.41) is 16.6. The third kappa shape index (κ3) is 23.3. The fourth-order valence-corrected chi connectivity index (χ4v) is 5.36. The summed E-state index contributed by atoms with van der Waals surface area (Å²) in [5.41, 5.74) is 1.74. The number of benzene rings is 2. The molecule has 0 heterocycles. The predicted molar refractivity (Wildman–Crippen MR) is 219 cm³/mol. The van der Waals surface area contributed by atoms with Gasteiger partial charge in [-0.1, -0.05) is 115 Å². The van der Waals surface area contributed by atoms with Gasteiger partial charge in [-0.25, -0.2) is 0 Å². The smallest absolute Gasteiger partial charge is 0.325 e. The standard InChI is InChI=1S/C23H34N4O6.C12H16O3.C6H12.C2H6/c1-5-10-17(26-22(31)18(6-2)27(4)19(28)13-24-3)21(30)23(32)25-14-20(29)33-15-16-11-8-7-9-12-16;1-10(14)6-8-15-12-4-2-3-11(9-12)5-7-13;1-2-4-6-5-3-1;1-2/h7-9,11-12,17-18,24H,5-6,10,13-15H2,1-4H3,(H,25,32)(H,26,31);2-4,7,9-10,14H,5-6,8H2,1H3;1-6H2;1-2H3. The Morgan fingerprint density at radius 3 is 2.02 bits per heavy atom. The number of aldehydes is 1. The van der Waals surface area contributed by atoms with Crippen molar-refractivity contribution >= 4 is 35.8 Å². The summed E-state index contributed by atoms with van der Waals surface area (Å²) in [7, 11) is 3.14. The van der Waals surface area contributed by atoms with Gasteiger partial charge in [0.05, 0.1) is 25.3 Å². The summed E-state index contributed by atoms with van der Waals surface area (Å²) in [6.45, 7) is 9.43. The maximum atomic E-state index is 12.7. The lowest BCUT2D eigenvalue weighted by Gasteiger charge is -2.28. The monoisotopic (exact) mass is 784 g/mol. The zero-order valence-electron chi connectivity index (χ0n) is 34.8. The maximum Gasteiger partial charge on any atom is 0.325 e. The van der Waals surface area contributed by atoms with Crippen LogP contribution < -0.4 is 20.7 Å². The van der Waals surface area contributed by atoms with E-state index in [0.717, 1.165) is 23.2 Å². The van der Waals surface area contributed by atoms with E-state index < -0.39 is 42.2 Å². The first-order valence-electron chi connectivity index (χ1n) is 20.0. The molecular weight excluding hydrogens is 716 g/mol. The van der Waals surface area contributed by atoms with Gasteiger partial charge in [-0.05, 0) is 50.1 Å². The number of nitrogens with zero attached hydrogens (tertiary/aromatic N) is 1. The largest absolute Gasteiger partial charge is 0.493 e. The minimum atomic E-state index is -1.07. The third-order valence-corrected chi connectivity index (χ3v) is 8.47. The molecular formula is C43H68N4O9. The Balaban J connectivity index is 0.00000107. The molecule has 0 saturated heterocycles. The van der Waals surface area contributed by atoms with Crippen molar-refractivity contribution < 1.29 is 43.3 Å². The Kier molecular flexibility index (Phi) is 29.9. The second kappa shape index (κ2) is 32.6. The van der Waals surface area contributed by atoms with Gasteiger partial charge in [0.25, 0.3) is 5.91 Å². The molecule has 0 aromatic heterocycles. The number of ketones is 1. The lowest BCUT2D eigenvalue weighted by atomic mass is 10.0. The quantitative estimate of drug-likeness (QED) is 0.0802. The third-order valence-electron chi connectivity index (χ3n) is 8.47. The average Bonchev–Trinajstić information content (AvgIpc) is 3.21. The molecule has 3 rings (SSSR count). The Morgan fingerprint density at radius 1 is 0.875 bits per heavy atom. The number of ether oxygens (including phenoxy) is 2. The van der Waals surface area contributed by atoms with Crippen LogP contribution in [0.25, 0.3) is 0 Å². The Hall–Kier alpha value is -4.62. The Bertz CT molecular complexity index is 1390. The lowest BCUT2D eigenvalue weighted by Crippen LogP contribution is -2.55. The first-order chi connectivity index (χ1) is 27.0. The zero-order chi connectivity index (χ0) is 42.1. The summed E-state index contributed by atoms with van der Waals surface area (Å²) >= 11 is 0. The van der Waals surface area contributed by atoms with Gasteiger partial charge in [0.15, 0.2) is 0 Å². The SMILES string of the molecule is C1CCCCC1.CC.CC(O)CCOc1cccc(CC=O)c1.CCCC(NC(=O)C(CC)N(C)C(=O)CNC)C(=O)C(=O)NCC(=O)OCc1ccccc1. The number of likely N-dealkylation sites (N-methyl/N-ethyl adjacent to an activating group) is 2. The van der Waals surface area contributed by atoms with Crippen molar-refractivity contribution in [2.45, 2.75) is 130 Å². The molecule has 0 aliphatic heterocycles. The molecule has 4 N–H and O–H groups in total. The molecule has 1 fully saturated rings. The Morgan fingerprint density at radius 2 is 1.48 bits per heavy atom. The molecule has 3 atom stereocenters. The molecule has 314 valence electrons. The highest BCUT2D eigenvalue weighted by atomic mass is 16.5. The summed E-state index contributed by atoms with van der Waals surface area (Å²) < 4.78 is 10.5. The number of hydrogen-bond acceptors (Lipinski definition) is 10. The molecule has 0 bridgehead atoms. The van der Waals surface area contributed by atoms with Crippen molar-refractivity contribution in [1.82, 2.24) is 20.9 Å².